The number of carboxylic acid groups (broad SMARTS) is 1. The van der Waals surface area contributed by atoms with Crippen molar-refractivity contribution >= 4 is 50.5 Å². The molecule has 27 heavy (non-hydrogen) atoms. The van der Waals surface area contributed by atoms with E-state index in [1.54, 1.807) is 24.4 Å². The first-order chi connectivity index (χ1) is 12.7. The average Bonchev–Trinajstić information content (AvgIpc) is 3.29. The van der Waals surface area contributed by atoms with Gasteiger partial charge in [-0.3, -0.25) is 9.59 Å². The maximum Gasteiger partial charge on any atom is 0.322 e. The summed E-state index contributed by atoms with van der Waals surface area (Å²) in [5.74, 6) is -1.64. The van der Waals surface area contributed by atoms with Gasteiger partial charge in [-0.25, -0.2) is 8.42 Å². The molecule has 1 aliphatic heterocycles. The quantitative estimate of drug-likeness (QED) is 0.761. The molecule has 7 nitrogen and oxygen atoms in total. The first-order valence-corrected chi connectivity index (χ1v) is 10.8. The van der Waals surface area contributed by atoms with Gasteiger partial charge in [0.2, 0.25) is 10.0 Å². The van der Waals surface area contributed by atoms with Gasteiger partial charge in [0.05, 0.1) is 10.6 Å². The van der Waals surface area contributed by atoms with E-state index in [1.807, 2.05) is 0 Å². The van der Waals surface area contributed by atoms with E-state index in [9.17, 15) is 23.1 Å². The van der Waals surface area contributed by atoms with Crippen molar-refractivity contribution in [1.82, 2.24) is 4.31 Å². The second kappa shape index (κ2) is 7.59. The number of amides is 1. The van der Waals surface area contributed by atoms with E-state index in [1.165, 1.54) is 23.5 Å². The maximum atomic E-state index is 13.2. The Balaban J connectivity index is 2.05. The predicted octanol–water partition coefficient (Wildman–Crippen LogP) is 3.20. The maximum absolute atomic E-state index is 13.2. The zero-order valence-corrected chi connectivity index (χ0v) is 16.7. The fourth-order valence-corrected chi connectivity index (χ4v) is 5.62. The molecular formula is C17H17ClN2O5S2. The van der Waals surface area contributed by atoms with E-state index >= 15 is 0 Å². The molecule has 1 amide bonds. The van der Waals surface area contributed by atoms with Crippen molar-refractivity contribution in [3.8, 4) is 0 Å². The summed E-state index contributed by atoms with van der Waals surface area (Å²) in [6, 6.07) is 4.94. The molecule has 2 aromatic rings. The number of aliphatic carboxylic acids is 1. The number of hydrogen-bond donors (Lipinski definition) is 2. The third-order valence-electron chi connectivity index (χ3n) is 4.33. The van der Waals surface area contributed by atoms with Crippen LogP contribution in [0.25, 0.3) is 0 Å². The van der Waals surface area contributed by atoms with Crippen LogP contribution in [0.3, 0.4) is 0 Å². The molecule has 1 aliphatic rings. The average molecular weight is 429 g/mol. The molecule has 2 N–H and O–H groups in total. The number of nitrogens with one attached hydrogen (secondary N) is 1. The molecule has 1 fully saturated rings. The topological polar surface area (TPSA) is 104 Å². The fourth-order valence-electron chi connectivity index (χ4n) is 2.97. The molecule has 1 aromatic heterocycles. The summed E-state index contributed by atoms with van der Waals surface area (Å²) in [5.41, 5.74) is 0.666. The number of nitrogens with zero attached hydrogens (tertiary/aromatic N) is 1. The van der Waals surface area contributed by atoms with Crippen molar-refractivity contribution in [2.45, 2.75) is 30.7 Å². The van der Waals surface area contributed by atoms with Crippen molar-refractivity contribution in [2.24, 2.45) is 0 Å². The summed E-state index contributed by atoms with van der Waals surface area (Å²) in [7, 11) is -4.16. The molecule has 0 bridgehead atoms. The first kappa shape index (κ1) is 19.8. The van der Waals surface area contributed by atoms with Crippen LogP contribution in [0, 0.1) is 6.92 Å². The van der Waals surface area contributed by atoms with E-state index in [0.29, 0.717) is 16.9 Å². The molecule has 144 valence electrons. The van der Waals surface area contributed by atoms with Crippen LogP contribution in [0.2, 0.25) is 5.02 Å². The number of carboxylic acids is 1. The third kappa shape index (κ3) is 3.86. The SMILES string of the molecule is Cc1cc(NC(=O)c2cccs2)c(S(=O)(=O)N2CCC[C@H]2C(=O)O)cc1Cl. The van der Waals surface area contributed by atoms with E-state index < -0.39 is 27.9 Å². The van der Waals surface area contributed by atoms with Crippen molar-refractivity contribution in [2.75, 3.05) is 11.9 Å². The molecule has 0 unspecified atom stereocenters. The molecule has 3 rings (SSSR count). The van der Waals surface area contributed by atoms with Crippen LogP contribution in [0.1, 0.15) is 28.1 Å². The largest absolute Gasteiger partial charge is 0.480 e. The lowest BCUT2D eigenvalue weighted by atomic mass is 10.2. The number of sulfonamides is 1. The third-order valence-corrected chi connectivity index (χ3v) is 7.55. The van der Waals surface area contributed by atoms with Crippen LogP contribution in [0.15, 0.2) is 34.5 Å². The number of hydrogen-bond acceptors (Lipinski definition) is 5. The lowest BCUT2D eigenvalue weighted by Gasteiger charge is -2.23. The number of thiophene rings is 1. The highest BCUT2D eigenvalue weighted by molar-refractivity contribution is 7.89. The van der Waals surface area contributed by atoms with Crippen LogP contribution in [-0.4, -0.2) is 42.3 Å². The van der Waals surface area contributed by atoms with Gasteiger partial charge < -0.3 is 10.4 Å². The van der Waals surface area contributed by atoms with E-state index in [2.05, 4.69) is 5.32 Å². The van der Waals surface area contributed by atoms with Gasteiger partial charge in [0.1, 0.15) is 10.9 Å². The molecule has 0 radical (unpaired) electrons. The second-order valence-corrected chi connectivity index (χ2v) is 9.35. The predicted molar refractivity (Wildman–Crippen MR) is 103 cm³/mol. The number of halogens is 1. The highest BCUT2D eigenvalue weighted by Crippen LogP contribution is 2.34. The van der Waals surface area contributed by atoms with Crippen LogP contribution in [-0.2, 0) is 14.8 Å². The Labute approximate surface area is 165 Å². The number of aryl methyl sites for hydroxylation is 1. The van der Waals surface area contributed by atoms with Crippen molar-refractivity contribution in [1.29, 1.82) is 0 Å². The van der Waals surface area contributed by atoms with Gasteiger partial charge in [-0.1, -0.05) is 17.7 Å². The Morgan fingerprint density at radius 1 is 1.37 bits per heavy atom. The number of carbonyl (C=O) groups excluding carboxylic acids is 1. The molecule has 0 saturated carbocycles. The summed E-state index contributed by atoms with van der Waals surface area (Å²) >= 11 is 7.35. The monoisotopic (exact) mass is 428 g/mol. The second-order valence-electron chi connectivity index (χ2n) is 6.14. The minimum atomic E-state index is -4.16. The number of benzene rings is 1. The van der Waals surface area contributed by atoms with Crippen LogP contribution < -0.4 is 5.32 Å². The molecule has 0 aliphatic carbocycles. The smallest absolute Gasteiger partial charge is 0.322 e. The van der Waals surface area contributed by atoms with Crippen molar-refractivity contribution < 1.29 is 23.1 Å². The van der Waals surface area contributed by atoms with Gasteiger partial charge in [-0.2, -0.15) is 4.31 Å². The van der Waals surface area contributed by atoms with Crippen LogP contribution in [0.5, 0.6) is 0 Å². The normalized spacial score (nSPS) is 17.8. The van der Waals surface area contributed by atoms with Gasteiger partial charge >= 0.3 is 5.97 Å². The Kier molecular flexibility index (Phi) is 5.57. The summed E-state index contributed by atoms with van der Waals surface area (Å²) in [6.07, 6.45) is 0.692. The van der Waals surface area contributed by atoms with E-state index in [4.69, 9.17) is 11.6 Å². The van der Waals surface area contributed by atoms with Crippen LogP contribution >= 0.6 is 22.9 Å². The zero-order valence-electron chi connectivity index (χ0n) is 14.3. The number of anilines is 1. The summed E-state index contributed by atoms with van der Waals surface area (Å²) < 4.78 is 27.3. The standard InChI is InChI=1S/C17H17ClN2O5S2/c1-10-8-12(19-16(21)14-5-3-7-26-14)15(9-11(10)18)27(24,25)20-6-2-4-13(20)17(22)23/h3,5,7-9,13H,2,4,6H2,1H3,(H,19,21)(H,22,23)/t13-/m0/s1. The summed E-state index contributed by atoms with van der Waals surface area (Å²) in [4.78, 5) is 24.1. The van der Waals surface area contributed by atoms with Crippen LogP contribution in [0.4, 0.5) is 5.69 Å². The Hall–Kier alpha value is -1.94. The minimum Gasteiger partial charge on any atom is -0.480 e. The Morgan fingerprint density at radius 3 is 2.74 bits per heavy atom. The number of rotatable bonds is 5. The highest BCUT2D eigenvalue weighted by Gasteiger charge is 2.40. The molecule has 10 heteroatoms. The van der Waals surface area contributed by atoms with E-state index in [0.717, 1.165) is 4.31 Å². The summed E-state index contributed by atoms with van der Waals surface area (Å²) in [5, 5.41) is 13.9. The van der Waals surface area contributed by atoms with Crippen molar-refractivity contribution in [3.05, 3.63) is 45.1 Å². The van der Waals surface area contributed by atoms with Gasteiger partial charge in [-0.05, 0) is 48.9 Å². The highest BCUT2D eigenvalue weighted by atomic mass is 35.5. The summed E-state index contributed by atoms with van der Waals surface area (Å²) in [6.45, 7) is 1.79. The van der Waals surface area contributed by atoms with Gasteiger partial charge in [0.15, 0.2) is 0 Å². The Bertz CT molecular complexity index is 989. The lowest BCUT2D eigenvalue weighted by molar-refractivity contribution is -0.140. The molecule has 1 saturated heterocycles. The molecule has 1 aromatic carbocycles. The van der Waals surface area contributed by atoms with Gasteiger partial charge in [0.25, 0.3) is 5.91 Å². The zero-order chi connectivity index (χ0) is 19.8. The number of carbonyl (C=O) groups is 2. The van der Waals surface area contributed by atoms with E-state index in [-0.39, 0.29) is 28.6 Å². The van der Waals surface area contributed by atoms with Gasteiger partial charge in [0, 0.05) is 11.6 Å². The van der Waals surface area contributed by atoms with Gasteiger partial charge in [-0.15, -0.1) is 11.3 Å². The fraction of sp³-hybridized carbons (Fsp3) is 0.294. The molecule has 0 spiro atoms. The lowest BCUT2D eigenvalue weighted by Crippen LogP contribution is -2.40. The minimum absolute atomic E-state index is 0.0753. The molecule has 2 heterocycles. The molecule has 1 atom stereocenters. The first-order valence-electron chi connectivity index (χ1n) is 8.11. The van der Waals surface area contributed by atoms with Crippen molar-refractivity contribution in [3.63, 3.8) is 0 Å². The molecular weight excluding hydrogens is 412 g/mol. The Morgan fingerprint density at radius 2 is 2.11 bits per heavy atom.